The summed E-state index contributed by atoms with van der Waals surface area (Å²) in [4.78, 5) is 18.1. The number of hydrogen-bond acceptors (Lipinski definition) is 6. The Morgan fingerprint density at radius 2 is 2.29 bits per heavy atom. The Labute approximate surface area is 97.6 Å². The minimum Gasteiger partial charge on any atom is -0.352 e. The van der Waals surface area contributed by atoms with Gasteiger partial charge in [0.1, 0.15) is 11.5 Å². The Balaban J connectivity index is 1.96. The van der Waals surface area contributed by atoms with Crippen molar-refractivity contribution in [1.29, 1.82) is 0 Å². The van der Waals surface area contributed by atoms with E-state index in [1.54, 1.807) is 30.8 Å². The predicted octanol–water partition coefficient (Wildman–Crippen LogP) is 1.28. The molecule has 3 rings (SSSR count). The highest BCUT2D eigenvalue weighted by Gasteiger charge is 2.19. The predicted molar refractivity (Wildman–Crippen MR) is 62.7 cm³/mol. The second kappa shape index (κ2) is 3.82. The average Bonchev–Trinajstić information content (AvgIpc) is 2.38. The number of nitrogens with zero attached hydrogens (tertiary/aromatic N) is 5. The lowest BCUT2D eigenvalue weighted by molar-refractivity contribution is -0.0143. The molecule has 0 N–H and O–H groups in total. The fourth-order valence-electron chi connectivity index (χ4n) is 1.46. The van der Waals surface area contributed by atoms with Crippen LogP contribution in [0.4, 0.5) is 0 Å². The fourth-order valence-corrected chi connectivity index (χ4v) is 1.46. The number of allylic oxidation sites excluding steroid dienone is 1. The fraction of sp³-hybridized carbons (Fsp3) is 0.0909. The molecular formula is C11H9N5O. The van der Waals surface area contributed by atoms with Gasteiger partial charge in [-0.05, 0) is 25.1 Å². The lowest BCUT2D eigenvalue weighted by Gasteiger charge is -2.23. The van der Waals surface area contributed by atoms with Crippen molar-refractivity contribution in [2.45, 2.75) is 6.92 Å². The summed E-state index contributed by atoms with van der Waals surface area (Å²) in [6, 6.07) is 1.77. The van der Waals surface area contributed by atoms with Gasteiger partial charge in [0.25, 0.3) is 0 Å². The summed E-state index contributed by atoms with van der Waals surface area (Å²) in [6.45, 7) is 1.82. The van der Waals surface area contributed by atoms with Crippen LogP contribution in [0.25, 0.3) is 5.76 Å². The lowest BCUT2D eigenvalue weighted by Crippen LogP contribution is -2.28. The summed E-state index contributed by atoms with van der Waals surface area (Å²) in [5.41, 5.74) is 0.685. The third-order valence-corrected chi connectivity index (χ3v) is 2.23. The first-order valence-electron chi connectivity index (χ1n) is 5.10. The standard InChI is InChI=1S/C11H9N5O/c1-8-12-6-4-9(15-8)10-7-13-11-3-2-5-14-16(11)17-10/h2-7H,1H3. The monoisotopic (exact) mass is 227 g/mol. The van der Waals surface area contributed by atoms with E-state index in [9.17, 15) is 0 Å². The van der Waals surface area contributed by atoms with Crippen LogP contribution in [-0.4, -0.2) is 27.2 Å². The third kappa shape index (κ3) is 1.80. The van der Waals surface area contributed by atoms with Crippen molar-refractivity contribution in [2.24, 2.45) is 10.1 Å². The SMILES string of the molecule is Cc1nccc(C2=CN=C3C=CC=NN3O2)n1. The molecule has 6 nitrogen and oxygen atoms in total. The van der Waals surface area contributed by atoms with Crippen LogP contribution < -0.4 is 0 Å². The normalized spacial score (nSPS) is 17.1. The Morgan fingerprint density at radius 1 is 1.35 bits per heavy atom. The van der Waals surface area contributed by atoms with Gasteiger partial charge in [-0.15, -0.1) is 5.10 Å². The first-order chi connectivity index (χ1) is 8.33. The van der Waals surface area contributed by atoms with Gasteiger partial charge in [-0.3, -0.25) is 0 Å². The molecule has 0 atom stereocenters. The quantitative estimate of drug-likeness (QED) is 0.725. The van der Waals surface area contributed by atoms with Crippen LogP contribution in [0.1, 0.15) is 11.5 Å². The number of hydrogen-bond donors (Lipinski definition) is 0. The van der Waals surface area contributed by atoms with Crippen molar-refractivity contribution < 1.29 is 4.84 Å². The zero-order chi connectivity index (χ0) is 11.7. The molecule has 0 saturated carbocycles. The molecule has 0 spiro atoms. The van der Waals surface area contributed by atoms with E-state index in [4.69, 9.17) is 4.84 Å². The molecule has 6 heteroatoms. The molecule has 1 aromatic rings. The summed E-state index contributed by atoms with van der Waals surface area (Å²) < 4.78 is 0. The largest absolute Gasteiger partial charge is 0.352 e. The molecule has 84 valence electrons. The molecule has 0 saturated heterocycles. The van der Waals surface area contributed by atoms with Crippen LogP contribution in [0.15, 0.2) is 40.7 Å². The van der Waals surface area contributed by atoms with Crippen molar-refractivity contribution >= 4 is 17.8 Å². The van der Waals surface area contributed by atoms with Crippen LogP contribution in [0, 0.1) is 6.92 Å². The maximum Gasteiger partial charge on any atom is 0.201 e. The van der Waals surface area contributed by atoms with Gasteiger partial charge < -0.3 is 4.84 Å². The Hall–Kier alpha value is -2.50. The number of hydrazone groups is 1. The summed E-state index contributed by atoms with van der Waals surface area (Å²) >= 11 is 0. The molecule has 17 heavy (non-hydrogen) atoms. The zero-order valence-corrected chi connectivity index (χ0v) is 9.11. The molecule has 0 aromatic carbocycles. The maximum atomic E-state index is 5.56. The van der Waals surface area contributed by atoms with Gasteiger partial charge in [0.2, 0.25) is 5.76 Å². The lowest BCUT2D eigenvalue weighted by atomic mass is 10.3. The number of amidine groups is 1. The Bertz CT molecular complexity index is 573. The third-order valence-electron chi connectivity index (χ3n) is 2.23. The molecule has 0 aliphatic carbocycles. The molecule has 2 aliphatic rings. The van der Waals surface area contributed by atoms with Crippen LogP contribution in [0.2, 0.25) is 0 Å². The summed E-state index contributed by atoms with van der Waals surface area (Å²) in [5, 5.41) is 5.39. The van der Waals surface area contributed by atoms with Crippen LogP contribution in [0.5, 0.6) is 0 Å². The van der Waals surface area contributed by atoms with Crippen molar-refractivity contribution in [3.05, 3.63) is 42.1 Å². The van der Waals surface area contributed by atoms with E-state index in [0.29, 0.717) is 23.1 Å². The highest BCUT2D eigenvalue weighted by molar-refractivity contribution is 5.99. The van der Waals surface area contributed by atoms with E-state index in [0.717, 1.165) is 0 Å². The van der Waals surface area contributed by atoms with Crippen molar-refractivity contribution in [3.8, 4) is 0 Å². The molecule has 3 heterocycles. The number of hydroxylamine groups is 1. The van der Waals surface area contributed by atoms with Gasteiger partial charge in [0.05, 0.1) is 12.4 Å². The van der Waals surface area contributed by atoms with E-state index < -0.39 is 0 Å². The molecule has 0 amide bonds. The topological polar surface area (TPSA) is 63.0 Å². The van der Waals surface area contributed by atoms with E-state index in [2.05, 4.69) is 20.1 Å². The Morgan fingerprint density at radius 3 is 3.18 bits per heavy atom. The van der Waals surface area contributed by atoms with E-state index >= 15 is 0 Å². The molecule has 0 fully saturated rings. The molecule has 0 bridgehead atoms. The number of aryl methyl sites for hydroxylation is 1. The second-order valence-electron chi connectivity index (χ2n) is 3.46. The van der Waals surface area contributed by atoms with Gasteiger partial charge in [-0.1, -0.05) is 5.17 Å². The zero-order valence-electron chi connectivity index (χ0n) is 9.11. The van der Waals surface area contributed by atoms with Crippen LogP contribution >= 0.6 is 0 Å². The van der Waals surface area contributed by atoms with Gasteiger partial charge in [-0.25, -0.2) is 15.0 Å². The number of aromatic nitrogens is 2. The summed E-state index contributed by atoms with van der Waals surface area (Å²) in [7, 11) is 0. The minimum atomic E-state index is 0.548. The van der Waals surface area contributed by atoms with Crippen molar-refractivity contribution in [3.63, 3.8) is 0 Å². The smallest absolute Gasteiger partial charge is 0.201 e. The van der Waals surface area contributed by atoms with E-state index in [1.165, 1.54) is 5.17 Å². The highest BCUT2D eigenvalue weighted by Crippen LogP contribution is 2.20. The van der Waals surface area contributed by atoms with E-state index in [1.807, 2.05) is 13.0 Å². The Kier molecular flexibility index (Phi) is 2.18. The number of rotatable bonds is 1. The first kappa shape index (κ1) is 9.71. The second-order valence-corrected chi connectivity index (χ2v) is 3.46. The number of aliphatic imine (C=N–C) groups is 1. The summed E-state index contributed by atoms with van der Waals surface area (Å²) in [6.07, 6.45) is 8.55. The van der Waals surface area contributed by atoms with Gasteiger partial charge in [0.15, 0.2) is 5.84 Å². The van der Waals surface area contributed by atoms with E-state index in [-0.39, 0.29) is 0 Å². The molecule has 1 aromatic heterocycles. The molecule has 2 aliphatic heterocycles. The summed E-state index contributed by atoms with van der Waals surface area (Å²) in [5.74, 6) is 1.87. The van der Waals surface area contributed by atoms with Gasteiger partial charge in [0, 0.05) is 6.20 Å². The average molecular weight is 227 g/mol. The van der Waals surface area contributed by atoms with Crippen LogP contribution in [0.3, 0.4) is 0 Å². The van der Waals surface area contributed by atoms with Gasteiger partial charge in [-0.2, -0.15) is 0 Å². The molecule has 0 unspecified atom stereocenters. The minimum absolute atomic E-state index is 0.548. The first-order valence-corrected chi connectivity index (χ1v) is 5.10. The molecular weight excluding hydrogens is 218 g/mol. The maximum absolute atomic E-state index is 5.56. The van der Waals surface area contributed by atoms with Crippen molar-refractivity contribution in [1.82, 2.24) is 15.1 Å². The number of fused-ring (bicyclic) bond motifs is 1. The molecule has 0 radical (unpaired) electrons. The van der Waals surface area contributed by atoms with Crippen LogP contribution in [-0.2, 0) is 4.84 Å². The van der Waals surface area contributed by atoms with Gasteiger partial charge >= 0.3 is 0 Å². The highest BCUT2D eigenvalue weighted by atomic mass is 16.7. The van der Waals surface area contributed by atoms with Crippen molar-refractivity contribution in [2.75, 3.05) is 0 Å².